The minimum absolute atomic E-state index is 0.159. The summed E-state index contributed by atoms with van der Waals surface area (Å²) in [7, 11) is 0. The molecule has 0 unspecified atom stereocenters. The van der Waals surface area contributed by atoms with E-state index in [1.807, 2.05) is 0 Å². The molecule has 1 N–H and O–H groups in total. The molecule has 0 aromatic heterocycles. The normalized spacial score (nSPS) is 10.7. The van der Waals surface area contributed by atoms with Crippen molar-refractivity contribution >= 4 is 6.21 Å². The van der Waals surface area contributed by atoms with Gasteiger partial charge in [-0.05, 0) is 23.8 Å². The maximum Gasteiger partial charge on any atom is 0.129 e. The highest BCUT2D eigenvalue weighted by Gasteiger charge is 2.01. The Labute approximate surface area is 104 Å². The molecule has 0 aliphatic rings. The van der Waals surface area contributed by atoms with Crippen LogP contribution in [0.2, 0.25) is 0 Å². The van der Waals surface area contributed by atoms with E-state index in [1.165, 1.54) is 12.3 Å². The van der Waals surface area contributed by atoms with Crippen LogP contribution < -0.4 is 4.74 Å². The number of rotatable bonds is 4. The molecule has 0 radical (unpaired) electrons. The van der Waals surface area contributed by atoms with Crippen LogP contribution in [0.15, 0.2) is 53.7 Å². The van der Waals surface area contributed by atoms with E-state index in [4.69, 9.17) is 9.94 Å². The SMILES string of the molecule is ON=Cc1cccc(OCc2ccccc2F)c1. The summed E-state index contributed by atoms with van der Waals surface area (Å²) in [6, 6.07) is 13.5. The third-order valence-corrected chi connectivity index (χ3v) is 2.42. The molecule has 0 amide bonds. The highest BCUT2D eigenvalue weighted by molar-refractivity contribution is 5.79. The smallest absolute Gasteiger partial charge is 0.129 e. The van der Waals surface area contributed by atoms with Crippen LogP contribution in [0.5, 0.6) is 5.75 Å². The van der Waals surface area contributed by atoms with E-state index in [-0.39, 0.29) is 12.4 Å². The van der Waals surface area contributed by atoms with Crippen LogP contribution in [0, 0.1) is 5.82 Å². The first-order chi connectivity index (χ1) is 8.79. The van der Waals surface area contributed by atoms with Crippen molar-refractivity contribution in [1.29, 1.82) is 0 Å². The van der Waals surface area contributed by atoms with Crippen molar-refractivity contribution < 1.29 is 14.3 Å². The van der Waals surface area contributed by atoms with Crippen LogP contribution in [0.4, 0.5) is 4.39 Å². The zero-order valence-electron chi connectivity index (χ0n) is 9.58. The predicted molar refractivity (Wildman–Crippen MR) is 66.6 cm³/mol. The molecule has 4 heteroatoms. The number of oxime groups is 1. The molecule has 0 aliphatic heterocycles. The average molecular weight is 245 g/mol. The molecule has 0 bridgehead atoms. The van der Waals surface area contributed by atoms with Gasteiger partial charge in [0.05, 0.1) is 6.21 Å². The van der Waals surface area contributed by atoms with Crippen LogP contribution in [0.3, 0.4) is 0 Å². The molecule has 2 rings (SSSR count). The highest BCUT2D eigenvalue weighted by Crippen LogP contribution is 2.15. The number of hydrogen-bond acceptors (Lipinski definition) is 3. The molecule has 0 saturated heterocycles. The molecule has 0 spiro atoms. The topological polar surface area (TPSA) is 41.8 Å². The summed E-state index contributed by atoms with van der Waals surface area (Å²) in [5.74, 6) is 0.307. The third kappa shape index (κ3) is 3.07. The summed E-state index contributed by atoms with van der Waals surface area (Å²) >= 11 is 0. The van der Waals surface area contributed by atoms with Gasteiger partial charge in [-0.1, -0.05) is 35.5 Å². The molecular formula is C14H12FNO2. The van der Waals surface area contributed by atoms with E-state index in [0.717, 1.165) is 0 Å². The Kier molecular flexibility index (Phi) is 3.91. The largest absolute Gasteiger partial charge is 0.489 e. The van der Waals surface area contributed by atoms with Crippen molar-refractivity contribution in [2.45, 2.75) is 6.61 Å². The molecule has 0 saturated carbocycles. The van der Waals surface area contributed by atoms with Crippen molar-refractivity contribution in [1.82, 2.24) is 0 Å². The minimum Gasteiger partial charge on any atom is -0.489 e. The lowest BCUT2D eigenvalue weighted by Crippen LogP contribution is -1.98. The summed E-state index contributed by atoms with van der Waals surface area (Å²) < 4.78 is 18.8. The summed E-state index contributed by atoms with van der Waals surface area (Å²) in [4.78, 5) is 0. The van der Waals surface area contributed by atoms with Gasteiger partial charge in [-0.3, -0.25) is 0 Å². The van der Waals surface area contributed by atoms with Crippen molar-refractivity contribution in [2.24, 2.45) is 5.16 Å². The molecule has 0 heterocycles. The second kappa shape index (κ2) is 5.82. The maximum absolute atomic E-state index is 13.4. The first-order valence-corrected chi connectivity index (χ1v) is 5.43. The standard InChI is InChI=1S/C14H12FNO2/c15-14-7-2-1-5-12(14)10-18-13-6-3-4-11(8-13)9-16-17/h1-9,17H,10H2. The maximum atomic E-state index is 13.4. The van der Waals surface area contributed by atoms with Crippen LogP contribution in [-0.4, -0.2) is 11.4 Å². The van der Waals surface area contributed by atoms with E-state index >= 15 is 0 Å². The lowest BCUT2D eigenvalue weighted by atomic mass is 10.2. The van der Waals surface area contributed by atoms with Crippen molar-refractivity contribution in [3.05, 3.63) is 65.5 Å². The molecule has 0 fully saturated rings. The Morgan fingerprint density at radius 1 is 1.17 bits per heavy atom. The zero-order valence-corrected chi connectivity index (χ0v) is 9.58. The molecule has 2 aromatic rings. The number of ether oxygens (including phenoxy) is 1. The average Bonchev–Trinajstić information content (AvgIpc) is 2.39. The number of halogens is 1. The Hall–Kier alpha value is -2.36. The van der Waals surface area contributed by atoms with Gasteiger partial charge >= 0.3 is 0 Å². The number of nitrogens with zero attached hydrogens (tertiary/aromatic N) is 1. The number of benzene rings is 2. The third-order valence-electron chi connectivity index (χ3n) is 2.42. The van der Waals surface area contributed by atoms with Gasteiger partial charge in [-0.25, -0.2) is 4.39 Å². The summed E-state index contributed by atoms with van der Waals surface area (Å²) in [5, 5.41) is 11.4. The number of hydrogen-bond donors (Lipinski definition) is 1. The molecule has 18 heavy (non-hydrogen) atoms. The molecule has 0 atom stereocenters. The Bertz CT molecular complexity index is 555. The van der Waals surface area contributed by atoms with Crippen LogP contribution in [0.1, 0.15) is 11.1 Å². The minimum atomic E-state index is -0.287. The quantitative estimate of drug-likeness (QED) is 0.510. The molecule has 0 aliphatic carbocycles. The van der Waals surface area contributed by atoms with Gasteiger partial charge in [0, 0.05) is 5.56 Å². The van der Waals surface area contributed by atoms with Gasteiger partial charge in [0.1, 0.15) is 18.2 Å². The van der Waals surface area contributed by atoms with Crippen LogP contribution in [-0.2, 0) is 6.61 Å². The first-order valence-electron chi connectivity index (χ1n) is 5.43. The summed E-state index contributed by atoms with van der Waals surface area (Å²) in [5.41, 5.74) is 1.21. The van der Waals surface area contributed by atoms with Gasteiger partial charge in [-0.15, -0.1) is 0 Å². The second-order valence-corrected chi connectivity index (χ2v) is 3.70. The van der Waals surface area contributed by atoms with Crippen molar-refractivity contribution in [3.8, 4) is 5.75 Å². The monoisotopic (exact) mass is 245 g/mol. The van der Waals surface area contributed by atoms with Gasteiger partial charge in [0.2, 0.25) is 0 Å². The zero-order chi connectivity index (χ0) is 12.8. The fraction of sp³-hybridized carbons (Fsp3) is 0.0714. The second-order valence-electron chi connectivity index (χ2n) is 3.70. The van der Waals surface area contributed by atoms with E-state index < -0.39 is 0 Å². The van der Waals surface area contributed by atoms with E-state index in [2.05, 4.69) is 5.16 Å². The van der Waals surface area contributed by atoms with E-state index in [9.17, 15) is 4.39 Å². The van der Waals surface area contributed by atoms with Crippen molar-refractivity contribution in [3.63, 3.8) is 0 Å². The Morgan fingerprint density at radius 3 is 2.78 bits per heavy atom. The summed E-state index contributed by atoms with van der Waals surface area (Å²) in [6.45, 7) is 0.159. The Morgan fingerprint density at radius 2 is 2.00 bits per heavy atom. The molecule has 3 nitrogen and oxygen atoms in total. The van der Waals surface area contributed by atoms with Crippen LogP contribution in [0.25, 0.3) is 0 Å². The van der Waals surface area contributed by atoms with Gasteiger partial charge < -0.3 is 9.94 Å². The van der Waals surface area contributed by atoms with Crippen molar-refractivity contribution in [2.75, 3.05) is 0 Å². The van der Waals surface area contributed by atoms with E-state index in [1.54, 1.807) is 42.5 Å². The summed E-state index contributed by atoms with van der Waals surface area (Å²) in [6.07, 6.45) is 1.30. The predicted octanol–water partition coefficient (Wildman–Crippen LogP) is 3.21. The Balaban J connectivity index is 2.06. The first kappa shape index (κ1) is 12.1. The van der Waals surface area contributed by atoms with Gasteiger partial charge in [0.25, 0.3) is 0 Å². The van der Waals surface area contributed by atoms with Gasteiger partial charge in [0.15, 0.2) is 0 Å². The molecule has 2 aromatic carbocycles. The lowest BCUT2D eigenvalue weighted by Gasteiger charge is -2.07. The fourth-order valence-corrected chi connectivity index (χ4v) is 1.53. The van der Waals surface area contributed by atoms with Gasteiger partial charge in [-0.2, -0.15) is 0 Å². The molecule has 92 valence electrons. The highest BCUT2D eigenvalue weighted by atomic mass is 19.1. The lowest BCUT2D eigenvalue weighted by molar-refractivity contribution is 0.299. The molecular weight excluding hydrogens is 233 g/mol. The van der Waals surface area contributed by atoms with E-state index in [0.29, 0.717) is 16.9 Å². The fourth-order valence-electron chi connectivity index (χ4n) is 1.53. The van der Waals surface area contributed by atoms with Crippen LogP contribution >= 0.6 is 0 Å².